The van der Waals surface area contributed by atoms with Crippen LogP contribution in [0, 0.1) is 5.82 Å². The fourth-order valence-electron chi connectivity index (χ4n) is 1.18. The van der Waals surface area contributed by atoms with Crippen LogP contribution in [-0.2, 0) is 4.74 Å². The second-order valence-electron chi connectivity index (χ2n) is 2.97. The molecule has 1 N–H and O–H groups in total. The van der Waals surface area contributed by atoms with Crippen molar-refractivity contribution in [3.8, 4) is 5.75 Å². The van der Waals surface area contributed by atoms with E-state index >= 15 is 0 Å². The highest BCUT2D eigenvalue weighted by Crippen LogP contribution is 2.20. The van der Waals surface area contributed by atoms with Crippen molar-refractivity contribution in [2.24, 2.45) is 0 Å². The van der Waals surface area contributed by atoms with Gasteiger partial charge in [-0.2, -0.15) is 0 Å². The summed E-state index contributed by atoms with van der Waals surface area (Å²) in [4.78, 5) is 0. The molecule has 1 rings (SSSR count). The Morgan fingerprint density at radius 3 is 2.87 bits per heavy atom. The number of hydrogen-bond donors (Lipinski definition) is 1. The summed E-state index contributed by atoms with van der Waals surface area (Å²) in [5.74, 6) is -0.107. The standard InChI is InChI=1S/C11H16FNO2/c1-3-15-7-6-13-9-4-5-10(12)11(8-9)14-2/h4-5,8,13H,3,6-7H2,1-2H3. The quantitative estimate of drug-likeness (QED) is 0.735. The first-order valence-electron chi connectivity index (χ1n) is 4.93. The molecule has 0 aliphatic carbocycles. The third-order valence-corrected chi connectivity index (χ3v) is 1.93. The SMILES string of the molecule is CCOCCNc1ccc(F)c(OC)c1. The zero-order valence-corrected chi connectivity index (χ0v) is 9.05. The molecule has 3 nitrogen and oxygen atoms in total. The Bertz CT molecular complexity index is 305. The first-order valence-corrected chi connectivity index (χ1v) is 4.93. The van der Waals surface area contributed by atoms with Crippen LogP contribution in [0.1, 0.15) is 6.92 Å². The molecule has 0 fully saturated rings. The smallest absolute Gasteiger partial charge is 0.165 e. The van der Waals surface area contributed by atoms with Crippen LogP contribution >= 0.6 is 0 Å². The average molecular weight is 213 g/mol. The second-order valence-corrected chi connectivity index (χ2v) is 2.97. The minimum absolute atomic E-state index is 0.247. The molecule has 0 spiro atoms. The maximum Gasteiger partial charge on any atom is 0.165 e. The molecule has 84 valence electrons. The van der Waals surface area contributed by atoms with Gasteiger partial charge >= 0.3 is 0 Å². The van der Waals surface area contributed by atoms with Gasteiger partial charge < -0.3 is 14.8 Å². The first kappa shape index (κ1) is 11.8. The Labute approximate surface area is 89.2 Å². The van der Waals surface area contributed by atoms with E-state index in [2.05, 4.69) is 5.32 Å². The van der Waals surface area contributed by atoms with E-state index in [1.165, 1.54) is 13.2 Å². The highest BCUT2D eigenvalue weighted by Gasteiger charge is 2.02. The van der Waals surface area contributed by atoms with Crippen molar-refractivity contribution in [1.29, 1.82) is 0 Å². The van der Waals surface area contributed by atoms with Gasteiger partial charge in [-0.05, 0) is 19.1 Å². The molecular formula is C11H16FNO2. The molecule has 0 bridgehead atoms. The van der Waals surface area contributed by atoms with Crippen LogP contribution in [0.3, 0.4) is 0 Å². The monoisotopic (exact) mass is 213 g/mol. The zero-order chi connectivity index (χ0) is 11.1. The van der Waals surface area contributed by atoms with Gasteiger partial charge in [-0.25, -0.2) is 4.39 Å². The maximum absolute atomic E-state index is 13.0. The molecule has 0 amide bonds. The minimum Gasteiger partial charge on any atom is -0.494 e. The number of anilines is 1. The Morgan fingerprint density at radius 1 is 1.40 bits per heavy atom. The molecule has 0 heterocycles. The summed E-state index contributed by atoms with van der Waals surface area (Å²) in [6, 6.07) is 4.67. The maximum atomic E-state index is 13.0. The Hall–Kier alpha value is -1.29. The lowest BCUT2D eigenvalue weighted by molar-refractivity contribution is 0.158. The lowest BCUT2D eigenvalue weighted by Gasteiger charge is -2.08. The van der Waals surface area contributed by atoms with Crippen molar-refractivity contribution in [2.75, 3.05) is 32.2 Å². The lowest BCUT2D eigenvalue weighted by atomic mass is 10.3. The van der Waals surface area contributed by atoms with Crippen LogP contribution in [0.25, 0.3) is 0 Å². The molecule has 0 aliphatic heterocycles. The van der Waals surface area contributed by atoms with E-state index in [9.17, 15) is 4.39 Å². The summed E-state index contributed by atoms with van der Waals surface area (Å²) in [7, 11) is 1.45. The molecule has 0 atom stereocenters. The van der Waals surface area contributed by atoms with Crippen molar-refractivity contribution in [2.45, 2.75) is 6.92 Å². The van der Waals surface area contributed by atoms with Gasteiger partial charge in [0.2, 0.25) is 0 Å². The molecule has 15 heavy (non-hydrogen) atoms. The summed E-state index contributed by atoms with van der Waals surface area (Å²) in [5, 5.41) is 3.11. The molecule has 0 saturated heterocycles. The van der Waals surface area contributed by atoms with Crippen LogP contribution in [0.5, 0.6) is 5.75 Å². The number of halogens is 1. The summed E-state index contributed by atoms with van der Waals surface area (Å²) >= 11 is 0. The van der Waals surface area contributed by atoms with E-state index in [-0.39, 0.29) is 11.6 Å². The van der Waals surface area contributed by atoms with E-state index in [1.54, 1.807) is 12.1 Å². The topological polar surface area (TPSA) is 30.5 Å². The largest absolute Gasteiger partial charge is 0.494 e. The van der Waals surface area contributed by atoms with E-state index < -0.39 is 0 Å². The van der Waals surface area contributed by atoms with Crippen LogP contribution in [0.4, 0.5) is 10.1 Å². The molecule has 0 unspecified atom stereocenters. The van der Waals surface area contributed by atoms with Gasteiger partial charge in [0.05, 0.1) is 13.7 Å². The molecule has 1 aromatic carbocycles. The molecule has 4 heteroatoms. The van der Waals surface area contributed by atoms with Crippen molar-refractivity contribution < 1.29 is 13.9 Å². The third kappa shape index (κ3) is 3.75. The average Bonchev–Trinajstić information content (AvgIpc) is 2.26. The van der Waals surface area contributed by atoms with E-state index in [1.807, 2.05) is 6.92 Å². The number of methoxy groups -OCH3 is 1. The summed E-state index contributed by atoms with van der Waals surface area (Å²) in [5.41, 5.74) is 0.827. The Morgan fingerprint density at radius 2 is 2.20 bits per heavy atom. The Balaban J connectivity index is 2.47. The van der Waals surface area contributed by atoms with Crippen molar-refractivity contribution in [3.05, 3.63) is 24.0 Å². The van der Waals surface area contributed by atoms with Crippen molar-refractivity contribution >= 4 is 5.69 Å². The number of benzene rings is 1. The van der Waals surface area contributed by atoms with Gasteiger partial charge in [0.25, 0.3) is 0 Å². The third-order valence-electron chi connectivity index (χ3n) is 1.93. The number of ether oxygens (including phenoxy) is 2. The normalized spacial score (nSPS) is 10.1. The molecule has 0 aromatic heterocycles. The van der Waals surface area contributed by atoms with E-state index in [0.29, 0.717) is 19.8 Å². The summed E-state index contributed by atoms with van der Waals surface area (Å²) < 4.78 is 23.1. The molecule has 0 saturated carbocycles. The summed E-state index contributed by atoms with van der Waals surface area (Å²) in [6.45, 7) is 3.98. The van der Waals surface area contributed by atoms with Gasteiger partial charge in [0, 0.05) is 24.9 Å². The van der Waals surface area contributed by atoms with Gasteiger partial charge in [-0.1, -0.05) is 0 Å². The van der Waals surface area contributed by atoms with Gasteiger partial charge in [0.1, 0.15) is 0 Å². The highest BCUT2D eigenvalue weighted by molar-refractivity contribution is 5.48. The van der Waals surface area contributed by atoms with Gasteiger partial charge in [0.15, 0.2) is 11.6 Å². The fraction of sp³-hybridized carbons (Fsp3) is 0.455. The molecular weight excluding hydrogens is 197 g/mol. The van der Waals surface area contributed by atoms with Crippen LogP contribution in [0.15, 0.2) is 18.2 Å². The van der Waals surface area contributed by atoms with E-state index in [4.69, 9.17) is 9.47 Å². The first-order chi connectivity index (χ1) is 7.27. The fourth-order valence-corrected chi connectivity index (χ4v) is 1.18. The predicted molar refractivity (Wildman–Crippen MR) is 57.9 cm³/mol. The molecule has 0 radical (unpaired) electrons. The van der Waals surface area contributed by atoms with Crippen LogP contribution in [-0.4, -0.2) is 26.9 Å². The van der Waals surface area contributed by atoms with Crippen molar-refractivity contribution in [1.82, 2.24) is 0 Å². The van der Waals surface area contributed by atoms with Gasteiger partial charge in [-0.15, -0.1) is 0 Å². The number of rotatable bonds is 6. The second kappa shape index (κ2) is 6.24. The van der Waals surface area contributed by atoms with Crippen LogP contribution in [0.2, 0.25) is 0 Å². The zero-order valence-electron chi connectivity index (χ0n) is 9.05. The number of hydrogen-bond acceptors (Lipinski definition) is 3. The van der Waals surface area contributed by atoms with E-state index in [0.717, 1.165) is 5.69 Å². The Kier molecular flexibility index (Phi) is 4.90. The lowest BCUT2D eigenvalue weighted by Crippen LogP contribution is -2.09. The van der Waals surface area contributed by atoms with Crippen molar-refractivity contribution in [3.63, 3.8) is 0 Å². The molecule has 0 aliphatic rings. The van der Waals surface area contributed by atoms with Crippen LogP contribution < -0.4 is 10.1 Å². The van der Waals surface area contributed by atoms with Gasteiger partial charge in [-0.3, -0.25) is 0 Å². The number of nitrogens with one attached hydrogen (secondary N) is 1. The summed E-state index contributed by atoms with van der Waals surface area (Å²) in [6.07, 6.45) is 0. The highest BCUT2D eigenvalue weighted by atomic mass is 19.1. The molecule has 1 aromatic rings. The predicted octanol–water partition coefficient (Wildman–Crippen LogP) is 2.28. The minimum atomic E-state index is -0.354.